The van der Waals surface area contributed by atoms with Crippen LogP contribution in [0.2, 0.25) is 0 Å². The second-order valence-electron chi connectivity index (χ2n) is 6.57. The second kappa shape index (κ2) is 3.38. The van der Waals surface area contributed by atoms with Gasteiger partial charge in [0.1, 0.15) is 0 Å². The molecule has 0 aromatic heterocycles. The van der Waals surface area contributed by atoms with Gasteiger partial charge in [-0.15, -0.1) is 0 Å². The van der Waals surface area contributed by atoms with E-state index in [1.807, 2.05) is 0 Å². The summed E-state index contributed by atoms with van der Waals surface area (Å²) in [6.07, 6.45) is 0. The SMILES string of the molecule is CN1B(F)N(C)[N+]2(C)[B-](F)(F)[N+]3(C)N(C)B(F)N(C)[B-]123. The minimum Gasteiger partial charge on any atom is -0.431 e. The molecule has 0 radical (unpaired) electrons. The van der Waals surface area contributed by atoms with Crippen LogP contribution in [0.15, 0.2) is 0 Å². The summed E-state index contributed by atoms with van der Waals surface area (Å²) in [5, 5.41) is 0. The lowest BCUT2D eigenvalue weighted by Crippen LogP contribution is -3.09. The topological polar surface area (TPSA) is 13.0 Å². The van der Waals surface area contributed by atoms with E-state index < -0.39 is 37.0 Å². The van der Waals surface area contributed by atoms with Crippen LogP contribution in [0.5, 0.6) is 0 Å². The van der Waals surface area contributed by atoms with Crippen LogP contribution in [-0.4, -0.2) is 98.6 Å². The monoisotopic (exact) mass is 294 g/mol. The summed E-state index contributed by atoms with van der Waals surface area (Å²) in [4.78, 5) is 1.98. The molecule has 20 heavy (non-hydrogen) atoms. The smallest absolute Gasteiger partial charge is 0.431 e. The molecule has 3 heterocycles. The quantitative estimate of drug-likeness (QED) is 0.428. The van der Waals surface area contributed by atoms with E-state index in [4.69, 9.17) is 0 Å². The molecular weight excluding hydrogens is 275 g/mol. The van der Waals surface area contributed by atoms with Crippen molar-refractivity contribution >= 4 is 28.2 Å². The summed E-state index contributed by atoms with van der Waals surface area (Å²) in [6, 6.07) is 0. The van der Waals surface area contributed by atoms with Crippen molar-refractivity contribution in [3.8, 4) is 0 Å². The molecule has 0 saturated carbocycles. The Morgan fingerprint density at radius 1 is 0.800 bits per heavy atom. The Bertz CT molecular complexity index is 446. The van der Waals surface area contributed by atoms with Gasteiger partial charge in [-0.2, -0.15) is 0 Å². The highest BCUT2D eigenvalue weighted by Crippen LogP contribution is 2.62. The molecule has 3 fully saturated rings. The number of hydrogen-bond donors (Lipinski definition) is 0. The zero-order valence-electron chi connectivity index (χ0n) is 12.5. The highest BCUT2D eigenvalue weighted by molar-refractivity contribution is 6.93. The molecule has 2 unspecified atom stereocenters. The van der Waals surface area contributed by atoms with Crippen LogP contribution in [0, 0.1) is 0 Å². The van der Waals surface area contributed by atoms with Gasteiger partial charge >= 0.3 is 28.2 Å². The average Bonchev–Trinajstić information content (AvgIpc) is 2.64. The third-order valence-electron chi connectivity index (χ3n) is 6.40. The lowest BCUT2D eigenvalue weighted by molar-refractivity contribution is -1.06. The van der Waals surface area contributed by atoms with Gasteiger partial charge in [-0.3, -0.25) is 8.63 Å². The fourth-order valence-electron chi connectivity index (χ4n) is 5.32. The Balaban J connectivity index is 2.32. The summed E-state index contributed by atoms with van der Waals surface area (Å²) >= 11 is 0. The molecular formula is C6H18B4F4N6. The Kier molecular flexibility index (Phi) is 2.48. The Morgan fingerprint density at radius 3 is 1.40 bits per heavy atom. The first kappa shape index (κ1) is 14.7. The van der Waals surface area contributed by atoms with Gasteiger partial charge in [0, 0.05) is 28.2 Å². The molecule has 1 spiro atoms. The van der Waals surface area contributed by atoms with Gasteiger partial charge in [-0.1, -0.05) is 0 Å². The maximum absolute atomic E-state index is 15.0. The maximum atomic E-state index is 15.0. The van der Waals surface area contributed by atoms with Crippen LogP contribution in [0.3, 0.4) is 0 Å². The summed E-state index contributed by atoms with van der Waals surface area (Å²) in [7, 11) is 4.72. The minimum atomic E-state index is -4.13. The third kappa shape index (κ3) is 0.867. The number of nitrogens with zero attached hydrogens (tertiary/aromatic N) is 6. The average molecular weight is 293 g/mol. The first-order valence-electron chi connectivity index (χ1n) is 6.54. The van der Waals surface area contributed by atoms with Crippen LogP contribution in [0.4, 0.5) is 17.3 Å². The van der Waals surface area contributed by atoms with Crippen LogP contribution in [0.1, 0.15) is 0 Å². The maximum Gasteiger partial charge on any atom is 0.733 e. The summed E-state index contributed by atoms with van der Waals surface area (Å²) in [5.41, 5.74) is 0. The van der Waals surface area contributed by atoms with Crippen LogP contribution >= 0.6 is 0 Å². The van der Waals surface area contributed by atoms with E-state index in [2.05, 4.69) is 0 Å². The highest BCUT2D eigenvalue weighted by Gasteiger charge is 2.99. The third-order valence-corrected chi connectivity index (χ3v) is 6.40. The number of quaternary nitrogens is 2. The van der Waals surface area contributed by atoms with E-state index in [0.717, 1.165) is 9.84 Å². The molecule has 3 aliphatic rings. The molecule has 0 aliphatic carbocycles. The molecule has 14 heteroatoms. The minimum absolute atomic E-state index is 0.893. The summed E-state index contributed by atoms with van der Waals surface area (Å²) in [6.45, 7) is -6.49. The molecule has 0 N–H and O–H groups in total. The van der Waals surface area contributed by atoms with Gasteiger partial charge in [0.25, 0.3) is 0 Å². The molecule has 3 aliphatic heterocycles. The van der Waals surface area contributed by atoms with Crippen LogP contribution in [-0.2, 0) is 0 Å². The van der Waals surface area contributed by atoms with E-state index >= 15 is 0 Å². The predicted molar refractivity (Wildman–Crippen MR) is 70.9 cm³/mol. The van der Waals surface area contributed by atoms with E-state index in [1.54, 1.807) is 0 Å². The first-order chi connectivity index (χ1) is 8.95. The van der Waals surface area contributed by atoms with Crippen LogP contribution < -0.4 is 0 Å². The van der Waals surface area contributed by atoms with E-state index in [9.17, 15) is 17.3 Å². The lowest BCUT2D eigenvalue weighted by Gasteiger charge is -2.81. The second-order valence-corrected chi connectivity index (χ2v) is 6.57. The van der Waals surface area contributed by atoms with Gasteiger partial charge in [-0.25, -0.2) is 9.84 Å². The molecule has 3 rings (SSSR count). The van der Waals surface area contributed by atoms with Gasteiger partial charge in [0.15, 0.2) is 0 Å². The van der Waals surface area contributed by atoms with Crippen molar-refractivity contribution < 1.29 is 26.1 Å². The molecule has 6 nitrogen and oxygen atoms in total. The zero-order chi connectivity index (χ0) is 15.5. The highest BCUT2D eigenvalue weighted by atomic mass is 19.2. The lowest BCUT2D eigenvalue weighted by atomic mass is 9.42. The summed E-state index contributed by atoms with van der Waals surface area (Å²) in [5.74, 6) is 0. The molecule has 0 amide bonds. The van der Waals surface area contributed by atoms with Crippen molar-refractivity contribution in [2.75, 3.05) is 42.3 Å². The largest absolute Gasteiger partial charge is 0.733 e. The Labute approximate surface area is 117 Å². The normalized spacial score (nSPS) is 49.5. The zero-order valence-corrected chi connectivity index (χ0v) is 12.5. The van der Waals surface area contributed by atoms with Crippen molar-refractivity contribution in [3.05, 3.63) is 0 Å². The number of halogens is 4. The molecule has 0 aromatic carbocycles. The van der Waals surface area contributed by atoms with Gasteiger partial charge in [0.2, 0.25) is 0 Å². The van der Waals surface area contributed by atoms with Crippen molar-refractivity contribution in [1.82, 2.24) is 19.3 Å². The first-order valence-corrected chi connectivity index (χ1v) is 6.54. The standard InChI is InChI=1S/C6H18B4F4N6/c1-15-7(11)17(3)19(5)9(13,14)20(6)10(15,19)16(2)8(12)18(20)4/h1-6H3. The van der Waals surface area contributed by atoms with E-state index in [1.165, 1.54) is 51.7 Å². The van der Waals surface area contributed by atoms with Crippen LogP contribution in [0.25, 0.3) is 0 Å². The summed E-state index contributed by atoms with van der Waals surface area (Å²) < 4.78 is 59.5. The van der Waals surface area contributed by atoms with E-state index in [0.29, 0.717) is 0 Å². The van der Waals surface area contributed by atoms with Gasteiger partial charge in [0.05, 0.1) is 0 Å². The van der Waals surface area contributed by atoms with Crippen molar-refractivity contribution in [2.45, 2.75) is 0 Å². The Hall–Kier alpha value is -0.260. The van der Waals surface area contributed by atoms with Crippen molar-refractivity contribution in [3.63, 3.8) is 0 Å². The van der Waals surface area contributed by atoms with Gasteiger partial charge in [-0.05, 0) is 14.1 Å². The fourth-order valence-corrected chi connectivity index (χ4v) is 5.32. The van der Waals surface area contributed by atoms with Crippen molar-refractivity contribution in [1.29, 1.82) is 0 Å². The molecule has 0 bridgehead atoms. The molecule has 112 valence electrons. The van der Waals surface area contributed by atoms with Crippen molar-refractivity contribution in [2.24, 2.45) is 0 Å². The molecule has 2 atom stereocenters. The van der Waals surface area contributed by atoms with Gasteiger partial charge < -0.3 is 26.9 Å². The molecule has 3 saturated heterocycles. The van der Waals surface area contributed by atoms with E-state index in [-0.39, 0.29) is 0 Å². The Morgan fingerprint density at radius 2 is 1.10 bits per heavy atom. The predicted octanol–water partition coefficient (Wildman–Crippen LogP) is -0.803. The fraction of sp³-hybridized carbons (Fsp3) is 1.00. The number of hydrogen-bond acceptors (Lipinski definition) is 4. The molecule has 0 aromatic rings. The number of rotatable bonds is 0.